The fourth-order valence-corrected chi connectivity index (χ4v) is 3.57. The molecule has 1 aliphatic heterocycles. The van der Waals surface area contributed by atoms with Crippen molar-refractivity contribution in [1.29, 1.82) is 0 Å². The van der Waals surface area contributed by atoms with Crippen LogP contribution in [0.15, 0.2) is 21.5 Å². The van der Waals surface area contributed by atoms with Gasteiger partial charge in [0.1, 0.15) is 17.1 Å². The summed E-state index contributed by atoms with van der Waals surface area (Å²) >= 11 is 1.75. The van der Waals surface area contributed by atoms with Gasteiger partial charge in [0.05, 0.1) is 12.1 Å². The van der Waals surface area contributed by atoms with E-state index >= 15 is 0 Å². The average molecular weight is 327 g/mol. The van der Waals surface area contributed by atoms with Gasteiger partial charge in [-0.3, -0.25) is 4.99 Å². The Balaban J connectivity index is 1.85. The number of hydrogen-bond acceptors (Lipinski definition) is 5. The molecule has 124 valence electrons. The summed E-state index contributed by atoms with van der Waals surface area (Å²) in [6, 6.07) is 3.59. The van der Waals surface area contributed by atoms with Gasteiger partial charge in [0, 0.05) is 19.3 Å². The molecule has 0 saturated carbocycles. The molecule has 4 N–H and O–H groups in total. The number of nitrogens with zero attached hydrogens (tertiary/aromatic N) is 1. The molecular weight excluding hydrogens is 302 g/mol. The predicted octanol–water partition coefficient (Wildman–Crippen LogP) is 0.829. The van der Waals surface area contributed by atoms with Gasteiger partial charge in [0.25, 0.3) is 0 Å². The van der Waals surface area contributed by atoms with Crippen molar-refractivity contribution in [2.45, 2.75) is 31.5 Å². The van der Waals surface area contributed by atoms with Crippen molar-refractivity contribution in [3.63, 3.8) is 0 Å². The maximum atomic E-state index is 10.5. The number of rotatable bonds is 5. The van der Waals surface area contributed by atoms with Crippen molar-refractivity contribution >= 4 is 17.7 Å². The molecule has 2 heterocycles. The topological polar surface area (TPSA) is 90.0 Å². The van der Waals surface area contributed by atoms with E-state index in [1.165, 1.54) is 0 Å². The van der Waals surface area contributed by atoms with E-state index < -0.39 is 11.2 Å². The second kappa shape index (κ2) is 6.93. The fourth-order valence-electron chi connectivity index (χ4n) is 2.27. The van der Waals surface area contributed by atoms with E-state index in [2.05, 4.69) is 15.6 Å². The second-order valence-corrected chi connectivity index (χ2v) is 7.10. The summed E-state index contributed by atoms with van der Waals surface area (Å²) in [6.07, 6.45) is 0.783. The van der Waals surface area contributed by atoms with Gasteiger partial charge in [0.15, 0.2) is 5.96 Å². The summed E-state index contributed by atoms with van der Waals surface area (Å²) in [7, 11) is 1.66. The van der Waals surface area contributed by atoms with Gasteiger partial charge in [-0.15, -0.1) is 0 Å². The van der Waals surface area contributed by atoms with Crippen molar-refractivity contribution in [3.05, 3.63) is 23.7 Å². The monoisotopic (exact) mass is 327 g/mol. The van der Waals surface area contributed by atoms with Crippen molar-refractivity contribution in [3.8, 4) is 0 Å². The van der Waals surface area contributed by atoms with Crippen LogP contribution in [-0.4, -0.2) is 53.4 Å². The molecule has 0 spiro atoms. The quantitative estimate of drug-likeness (QED) is 0.473. The molecule has 0 aliphatic carbocycles. The van der Waals surface area contributed by atoms with E-state index in [1.54, 1.807) is 31.8 Å². The predicted molar refractivity (Wildman–Crippen MR) is 89.3 cm³/mol. The van der Waals surface area contributed by atoms with Crippen LogP contribution in [0.3, 0.4) is 0 Å². The highest BCUT2D eigenvalue weighted by molar-refractivity contribution is 7.99. The lowest BCUT2D eigenvalue weighted by atomic mass is 10.0. The van der Waals surface area contributed by atoms with Crippen molar-refractivity contribution < 1.29 is 14.6 Å². The van der Waals surface area contributed by atoms with E-state index in [-0.39, 0.29) is 6.54 Å². The van der Waals surface area contributed by atoms with Crippen LogP contribution in [0.1, 0.15) is 24.9 Å². The van der Waals surface area contributed by atoms with Crippen molar-refractivity contribution in [2.24, 2.45) is 4.99 Å². The van der Waals surface area contributed by atoms with Gasteiger partial charge < -0.3 is 25.3 Å². The number of thioether (sulfide) groups is 1. The Labute approximate surface area is 135 Å². The fraction of sp³-hybridized carbons (Fsp3) is 0.667. The lowest BCUT2D eigenvalue weighted by molar-refractivity contribution is 0.0375. The van der Waals surface area contributed by atoms with Crippen LogP contribution in [-0.2, 0) is 5.60 Å². The number of aliphatic hydroxyl groups is 2. The highest BCUT2D eigenvalue weighted by atomic mass is 32.2. The normalized spacial score (nSPS) is 25.0. The Morgan fingerprint density at radius 1 is 1.50 bits per heavy atom. The van der Waals surface area contributed by atoms with Gasteiger partial charge in [-0.05, 0) is 38.2 Å². The molecule has 0 aromatic carbocycles. The molecule has 1 fully saturated rings. The Morgan fingerprint density at radius 2 is 2.27 bits per heavy atom. The minimum absolute atomic E-state index is 0.257. The molecule has 1 saturated heterocycles. The molecule has 6 nitrogen and oxygen atoms in total. The van der Waals surface area contributed by atoms with Gasteiger partial charge in [0.2, 0.25) is 0 Å². The summed E-state index contributed by atoms with van der Waals surface area (Å²) in [6.45, 7) is 4.23. The molecule has 2 unspecified atom stereocenters. The first-order valence-electron chi connectivity index (χ1n) is 7.39. The van der Waals surface area contributed by atoms with Crippen LogP contribution in [0.4, 0.5) is 0 Å². The minimum atomic E-state index is -1.13. The third kappa shape index (κ3) is 4.41. The lowest BCUT2D eigenvalue weighted by Crippen LogP contribution is -2.49. The number of furan rings is 1. The number of aryl methyl sites for hydroxylation is 1. The molecule has 0 bridgehead atoms. The molecule has 0 radical (unpaired) electrons. The number of aliphatic imine (C=N–C) groups is 1. The second-order valence-electron chi connectivity index (χ2n) is 5.99. The van der Waals surface area contributed by atoms with Crippen LogP contribution in [0, 0.1) is 6.92 Å². The highest BCUT2D eigenvalue weighted by Crippen LogP contribution is 2.27. The minimum Gasteiger partial charge on any atom is -0.463 e. The van der Waals surface area contributed by atoms with Crippen molar-refractivity contribution in [2.75, 3.05) is 31.6 Å². The maximum absolute atomic E-state index is 10.5. The van der Waals surface area contributed by atoms with Gasteiger partial charge in [-0.2, -0.15) is 11.8 Å². The Kier molecular flexibility index (Phi) is 5.41. The summed E-state index contributed by atoms with van der Waals surface area (Å²) in [5.74, 6) is 3.54. The van der Waals surface area contributed by atoms with Crippen LogP contribution >= 0.6 is 11.8 Å². The Hall–Kier alpha value is -1.18. The van der Waals surface area contributed by atoms with E-state index in [0.717, 1.165) is 23.7 Å². The molecule has 22 heavy (non-hydrogen) atoms. The van der Waals surface area contributed by atoms with Crippen LogP contribution in [0.5, 0.6) is 0 Å². The van der Waals surface area contributed by atoms with Gasteiger partial charge in [-0.25, -0.2) is 0 Å². The number of hydrogen-bond donors (Lipinski definition) is 4. The molecular formula is C15H25N3O3S. The third-order valence-corrected chi connectivity index (χ3v) is 5.00. The summed E-state index contributed by atoms with van der Waals surface area (Å²) in [5, 5.41) is 27.0. The molecule has 7 heteroatoms. The first-order chi connectivity index (χ1) is 10.3. The summed E-state index contributed by atoms with van der Waals surface area (Å²) in [5.41, 5.74) is -1.81. The summed E-state index contributed by atoms with van der Waals surface area (Å²) < 4.78 is 5.48. The molecule has 1 aliphatic rings. The average Bonchev–Trinajstić information content (AvgIpc) is 3.09. The first-order valence-corrected chi connectivity index (χ1v) is 8.54. The lowest BCUT2D eigenvalue weighted by Gasteiger charge is -2.25. The molecule has 2 atom stereocenters. The van der Waals surface area contributed by atoms with Crippen LogP contribution < -0.4 is 10.6 Å². The largest absolute Gasteiger partial charge is 0.463 e. The smallest absolute Gasteiger partial charge is 0.191 e. The van der Waals surface area contributed by atoms with Crippen molar-refractivity contribution in [1.82, 2.24) is 10.6 Å². The zero-order valence-electron chi connectivity index (χ0n) is 13.3. The molecule has 2 rings (SSSR count). The first kappa shape index (κ1) is 17.2. The van der Waals surface area contributed by atoms with E-state index in [9.17, 15) is 10.2 Å². The van der Waals surface area contributed by atoms with E-state index in [0.29, 0.717) is 18.3 Å². The summed E-state index contributed by atoms with van der Waals surface area (Å²) in [4.78, 5) is 4.12. The zero-order valence-corrected chi connectivity index (χ0v) is 14.2. The standard InChI is InChI=1S/C15H25N3O3S/c1-11-4-5-12(21-11)14(2,19)8-17-13(16-3)18-9-15(20)6-7-22-10-15/h4-5,19-20H,6-10H2,1-3H3,(H2,16,17,18). The zero-order chi connectivity index (χ0) is 16.2. The van der Waals surface area contributed by atoms with Crippen LogP contribution in [0.2, 0.25) is 0 Å². The van der Waals surface area contributed by atoms with Gasteiger partial charge in [-0.1, -0.05) is 0 Å². The van der Waals surface area contributed by atoms with E-state index in [1.807, 2.05) is 13.0 Å². The maximum Gasteiger partial charge on any atom is 0.191 e. The number of nitrogens with one attached hydrogen (secondary N) is 2. The van der Waals surface area contributed by atoms with Gasteiger partial charge >= 0.3 is 0 Å². The highest BCUT2D eigenvalue weighted by Gasteiger charge is 2.32. The Morgan fingerprint density at radius 3 is 2.82 bits per heavy atom. The molecule has 1 aromatic rings. The third-order valence-electron chi connectivity index (χ3n) is 3.76. The molecule has 1 aromatic heterocycles. The Bertz CT molecular complexity index is 522. The molecule has 0 amide bonds. The number of guanidine groups is 1. The SMILES string of the molecule is CN=C(NCC1(O)CCSC1)NCC(C)(O)c1ccc(C)o1. The van der Waals surface area contributed by atoms with E-state index in [4.69, 9.17) is 4.42 Å². The van der Waals surface area contributed by atoms with Crippen LogP contribution in [0.25, 0.3) is 0 Å².